The number of hydrazone groups is 1. The molecule has 0 amide bonds. The lowest BCUT2D eigenvalue weighted by Crippen LogP contribution is -2.35. The number of thioether (sulfide) groups is 1. The maximum Gasteiger partial charge on any atom is 0.269 e. The molecule has 128 valence electrons. The second-order valence-electron chi connectivity index (χ2n) is 5.42. The van der Waals surface area contributed by atoms with Crippen LogP contribution >= 0.6 is 23.4 Å². The Kier molecular flexibility index (Phi) is 5.35. The minimum Gasteiger partial charge on any atom is -0.300 e. The zero-order valence-corrected chi connectivity index (χ0v) is 14.6. The Bertz CT molecular complexity index is 826. The molecule has 0 radical (unpaired) electrons. The molecule has 1 atom stereocenters. The van der Waals surface area contributed by atoms with Gasteiger partial charge in [0, 0.05) is 22.9 Å². The average molecular weight is 376 g/mol. The number of halogens is 1. The molecule has 0 fully saturated rings. The molecule has 0 spiro atoms. The summed E-state index contributed by atoms with van der Waals surface area (Å²) in [6.45, 7) is 0.315. The fraction of sp³-hybridized carbons (Fsp3) is 0.176. The van der Waals surface area contributed by atoms with Crippen LogP contribution in [0.15, 0.2) is 53.6 Å². The number of nitro benzene ring substituents is 1. The summed E-state index contributed by atoms with van der Waals surface area (Å²) in [4.78, 5) is 21.9. The summed E-state index contributed by atoms with van der Waals surface area (Å²) in [5.41, 5.74) is 2.52. The molecule has 0 bridgehead atoms. The second-order valence-corrected chi connectivity index (χ2v) is 6.96. The van der Waals surface area contributed by atoms with E-state index in [-0.39, 0.29) is 5.69 Å². The molecule has 1 unspecified atom stereocenters. The van der Waals surface area contributed by atoms with Gasteiger partial charge in [0.1, 0.15) is 5.37 Å². The van der Waals surface area contributed by atoms with Gasteiger partial charge in [-0.3, -0.25) is 15.1 Å². The SMILES string of the molecule is O=CC1SCC(c2ccc(Cl)cc2)=NN1Cc1cccc([N+](=O)[O-])c1. The van der Waals surface area contributed by atoms with Gasteiger partial charge in [0.2, 0.25) is 0 Å². The van der Waals surface area contributed by atoms with Crippen LogP contribution < -0.4 is 0 Å². The van der Waals surface area contributed by atoms with Crippen LogP contribution in [0.1, 0.15) is 11.1 Å². The number of carbonyl (C=O) groups excluding carboxylic acids is 1. The zero-order chi connectivity index (χ0) is 17.8. The monoisotopic (exact) mass is 375 g/mol. The molecule has 6 nitrogen and oxygen atoms in total. The Balaban J connectivity index is 1.87. The van der Waals surface area contributed by atoms with E-state index in [0.29, 0.717) is 17.3 Å². The molecule has 8 heteroatoms. The van der Waals surface area contributed by atoms with Crippen LogP contribution in [0.2, 0.25) is 5.02 Å². The molecule has 3 rings (SSSR count). The van der Waals surface area contributed by atoms with Gasteiger partial charge in [-0.1, -0.05) is 35.9 Å². The highest BCUT2D eigenvalue weighted by atomic mass is 35.5. The van der Waals surface area contributed by atoms with Crippen molar-refractivity contribution in [3.63, 3.8) is 0 Å². The first kappa shape index (κ1) is 17.4. The fourth-order valence-electron chi connectivity index (χ4n) is 2.46. The third-order valence-electron chi connectivity index (χ3n) is 3.69. The second kappa shape index (κ2) is 7.67. The lowest BCUT2D eigenvalue weighted by atomic mass is 10.1. The summed E-state index contributed by atoms with van der Waals surface area (Å²) in [5, 5.41) is 17.4. The van der Waals surface area contributed by atoms with Crippen molar-refractivity contribution < 1.29 is 9.72 Å². The third-order valence-corrected chi connectivity index (χ3v) is 5.08. The van der Waals surface area contributed by atoms with Crippen LogP contribution in [-0.2, 0) is 11.3 Å². The summed E-state index contributed by atoms with van der Waals surface area (Å²) in [6.07, 6.45) is 0.837. The number of rotatable bonds is 5. The van der Waals surface area contributed by atoms with Crippen molar-refractivity contribution in [2.24, 2.45) is 5.10 Å². The van der Waals surface area contributed by atoms with Crippen LogP contribution in [0, 0.1) is 10.1 Å². The maximum absolute atomic E-state index is 11.4. The van der Waals surface area contributed by atoms with E-state index in [1.165, 1.54) is 23.9 Å². The number of aldehydes is 1. The Morgan fingerprint density at radius 2 is 2.08 bits per heavy atom. The number of non-ortho nitro benzene ring substituents is 1. The molecule has 0 N–H and O–H groups in total. The van der Waals surface area contributed by atoms with Gasteiger partial charge in [-0.05, 0) is 23.3 Å². The first-order valence-corrected chi connectivity index (χ1v) is 8.90. The molecular formula is C17H14ClN3O3S. The minimum atomic E-state index is -0.436. The number of carbonyl (C=O) groups is 1. The highest BCUT2D eigenvalue weighted by Gasteiger charge is 2.24. The van der Waals surface area contributed by atoms with Gasteiger partial charge in [0.05, 0.1) is 17.2 Å². The zero-order valence-electron chi connectivity index (χ0n) is 13.0. The molecule has 1 aliphatic heterocycles. The van der Waals surface area contributed by atoms with E-state index in [9.17, 15) is 14.9 Å². The van der Waals surface area contributed by atoms with E-state index in [1.807, 2.05) is 12.1 Å². The number of hydrogen-bond acceptors (Lipinski definition) is 6. The van der Waals surface area contributed by atoms with Gasteiger partial charge < -0.3 is 4.79 Å². The molecule has 1 heterocycles. The Morgan fingerprint density at radius 1 is 1.32 bits per heavy atom. The summed E-state index contributed by atoms with van der Waals surface area (Å²) in [5.74, 6) is 0.608. The van der Waals surface area contributed by atoms with E-state index in [2.05, 4.69) is 5.10 Å². The summed E-state index contributed by atoms with van der Waals surface area (Å²) in [7, 11) is 0. The Morgan fingerprint density at radius 3 is 2.76 bits per heavy atom. The van der Waals surface area contributed by atoms with Crippen molar-refractivity contribution in [2.75, 3.05) is 5.75 Å². The molecule has 0 saturated heterocycles. The molecule has 0 saturated carbocycles. The number of hydrogen-bond donors (Lipinski definition) is 0. The molecule has 1 aliphatic rings. The fourth-order valence-corrected chi connectivity index (χ4v) is 3.52. The summed E-state index contributed by atoms with van der Waals surface area (Å²) in [6, 6.07) is 13.7. The predicted octanol–water partition coefficient (Wildman–Crippen LogP) is 3.73. The van der Waals surface area contributed by atoms with Crippen molar-refractivity contribution in [1.82, 2.24) is 5.01 Å². The van der Waals surface area contributed by atoms with E-state index in [1.54, 1.807) is 29.3 Å². The molecule has 0 aliphatic carbocycles. The Labute approximate surface area is 153 Å². The third kappa shape index (κ3) is 4.18. The molecule has 0 aromatic heterocycles. The van der Waals surface area contributed by atoms with E-state index in [4.69, 9.17) is 11.6 Å². The van der Waals surface area contributed by atoms with Gasteiger partial charge in [-0.15, -0.1) is 11.8 Å². The van der Waals surface area contributed by atoms with Crippen LogP contribution in [0.4, 0.5) is 5.69 Å². The van der Waals surface area contributed by atoms with Crippen molar-refractivity contribution >= 4 is 41.0 Å². The molecule has 2 aromatic rings. The number of benzene rings is 2. The highest BCUT2D eigenvalue weighted by Crippen LogP contribution is 2.26. The van der Waals surface area contributed by atoms with Gasteiger partial charge in [0.15, 0.2) is 6.29 Å². The molecule has 2 aromatic carbocycles. The standard InChI is InChI=1S/C17H14ClN3O3S/c18-14-6-4-13(5-7-14)16-11-25-17(10-22)20(19-16)9-12-2-1-3-15(8-12)21(23)24/h1-8,10,17H,9,11H2. The van der Waals surface area contributed by atoms with Crippen molar-refractivity contribution in [3.05, 3.63) is 74.8 Å². The lowest BCUT2D eigenvalue weighted by molar-refractivity contribution is -0.384. The summed E-state index contributed by atoms with van der Waals surface area (Å²) >= 11 is 7.38. The summed E-state index contributed by atoms with van der Waals surface area (Å²) < 4.78 is 0. The van der Waals surface area contributed by atoms with Crippen LogP contribution in [0.25, 0.3) is 0 Å². The van der Waals surface area contributed by atoms with Crippen molar-refractivity contribution in [1.29, 1.82) is 0 Å². The lowest BCUT2D eigenvalue weighted by Gasteiger charge is -2.30. The first-order chi connectivity index (χ1) is 12.1. The van der Waals surface area contributed by atoms with Gasteiger partial charge in [-0.2, -0.15) is 5.10 Å². The molecular weight excluding hydrogens is 362 g/mol. The predicted molar refractivity (Wildman–Crippen MR) is 98.9 cm³/mol. The van der Waals surface area contributed by atoms with Crippen molar-refractivity contribution in [3.8, 4) is 0 Å². The van der Waals surface area contributed by atoms with Gasteiger partial charge in [0.25, 0.3) is 5.69 Å². The van der Waals surface area contributed by atoms with E-state index in [0.717, 1.165) is 23.1 Å². The van der Waals surface area contributed by atoms with Gasteiger partial charge >= 0.3 is 0 Å². The normalized spacial score (nSPS) is 17.1. The van der Waals surface area contributed by atoms with Gasteiger partial charge in [-0.25, -0.2) is 0 Å². The van der Waals surface area contributed by atoms with E-state index < -0.39 is 10.3 Å². The topological polar surface area (TPSA) is 75.8 Å². The number of nitro groups is 1. The minimum absolute atomic E-state index is 0.0201. The number of nitrogens with zero attached hydrogens (tertiary/aromatic N) is 3. The van der Waals surface area contributed by atoms with Crippen LogP contribution in [-0.4, -0.2) is 33.1 Å². The average Bonchev–Trinajstić information content (AvgIpc) is 2.62. The quantitative estimate of drug-likeness (QED) is 0.452. The van der Waals surface area contributed by atoms with Crippen molar-refractivity contribution in [2.45, 2.75) is 11.9 Å². The highest BCUT2D eigenvalue weighted by molar-refractivity contribution is 8.01. The molecule has 25 heavy (non-hydrogen) atoms. The first-order valence-electron chi connectivity index (χ1n) is 7.47. The largest absolute Gasteiger partial charge is 0.300 e. The maximum atomic E-state index is 11.4. The van der Waals surface area contributed by atoms with Crippen LogP contribution in [0.3, 0.4) is 0 Å². The Hall–Kier alpha value is -2.38. The van der Waals surface area contributed by atoms with E-state index >= 15 is 0 Å². The smallest absolute Gasteiger partial charge is 0.269 e. The van der Waals surface area contributed by atoms with Crippen LogP contribution in [0.5, 0.6) is 0 Å².